The molecule has 1 saturated heterocycles. The zero-order valence-electron chi connectivity index (χ0n) is 15.9. The van der Waals surface area contributed by atoms with Gasteiger partial charge in [-0.2, -0.15) is 0 Å². The molecule has 0 radical (unpaired) electrons. The van der Waals surface area contributed by atoms with Crippen LogP contribution in [0.5, 0.6) is 0 Å². The summed E-state index contributed by atoms with van der Waals surface area (Å²) in [6.07, 6.45) is 0.408. The molecule has 0 spiro atoms. The second-order valence-corrected chi connectivity index (χ2v) is 7.89. The Morgan fingerprint density at radius 1 is 0.857 bits per heavy atom. The van der Waals surface area contributed by atoms with Gasteiger partial charge in [-0.1, -0.05) is 51.8 Å². The fourth-order valence-electron chi connectivity index (χ4n) is 3.23. The van der Waals surface area contributed by atoms with Gasteiger partial charge in [-0.25, -0.2) is 0 Å². The fourth-order valence-corrected chi connectivity index (χ4v) is 3.62. The number of ketones is 1. The van der Waals surface area contributed by atoms with Crippen molar-refractivity contribution in [1.82, 2.24) is 9.80 Å². The number of Topliss-reactive ketones (excluding diaryl/α,β-unsaturated/α-hetero) is 1. The Kier molecular flexibility index (Phi) is 6.62. The van der Waals surface area contributed by atoms with E-state index in [1.165, 1.54) is 0 Å². The second kappa shape index (κ2) is 9.15. The number of hydrogen-bond donors (Lipinski definition) is 0. The maximum absolute atomic E-state index is 12.6. The van der Waals surface area contributed by atoms with Crippen molar-refractivity contribution < 1.29 is 14.4 Å². The molecular weight excluding hydrogens is 420 g/mol. The summed E-state index contributed by atoms with van der Waals surface area (Å²) in [5, 5.41) is 0. The number of hydrogen-bond acceptors (Lipinski definition) is 3. The van der Waals surface area contributed by atoms with Gasteiger partial charge in [0.25, 0.3) is 5.91 Å². The van der Waals surface area contributed by atoms with E-state index in [1.54, 1.807) is 34.1 Å². The number of amides is 2. The van der Waals surface area contributed by atoms with E-state index < -0.39 is 0 Å². The van der Waals surface area contributed by atoms with Gasteiger partial charge in [0.05, 0.1) is 0 Å². The van der Waals surface area contributed by atoms with Crippen LogP contribution in [0.3, 0.4) is 0 Å². The molecule has 0 atom stereocenters. The highest BCUT2D eigenvalue weighted by molar-refractivity contribution is 9.10. The molecule has 0 unspecified atom stereocenters. The predicted molar refractivity (Wildman–Crippen MR) is 111 cm³/mol. The molecule has 0 saturated carbocycles. The van der Waals surface area contributed by atoms with E-state index in [0.29, 0.717) is 37.3 Å². The molecular formula is C22H23BrN2O3. The van der Waals surface area contributed by atoms with Gasteiger partial charge in [0.1, 0.15) is 0 Å². The lowest BCUT2D eigenvalue weighted by Gasteiger charge is -2.35. The molecule has 2 amide bonds. The van der Waals surface area contributed by atoms with E-state index in [-0.39, 0.29) is 30.4 Å². The molecule has 146 valence electrons. The van der Waals surface area contributed by atoms with Crippen LogP contribution < -0.4 is 0 Å². The van der Waals surface area contributed by atoms with Crippen molar-refractivity contribution in [2.75, 3.05) is 26.2 Å². The Morgan fingerprint density at radius 2 is 1.50 bits per heavy atom. The van der Waals surface area contributed by atoms with Gasteiger partial charge in [-0.15, -0.1) is 0 Å². The minimum atomic E-state index is -0.0324. The van der Waals surface area contributed by atoms with Crippen LogP contribution in [0.1, 0.15) is 39.1 Å². The minimum absolute atomic E-state index is 0.0168. The van der Waals surface area contributed by atoms with Crippen LogP contribution in [0.15, 0.2) is 53.0 Å². The lowest BCUT2D eigenvalue weighted by molar-refractivity contribution is -0.132. The summed E-state index contributed by atoms with van der Waals surface area (Å²) >= 11 is 3.38. The quantitative estimate of drug-likeness (QED) is 0.663. The van der Waals surface area contributed by atoms with E-state index >= 15 is 0 Å². The van der Waals surface area contributed by atoms with Crippen molar-refractivity contribution in [2.45, 2.75) is 19.8 Å². The number of carbonyl (C=O) groups is 3. The molecule has 1 fully saturated rings. The molecule has 1 heterocycles. The van der Waals surface area contributed by atoms with Gasteiger partial charge in [0.15, 0.2) is 5.78 Å². The molecule has 0 aliphatic carbocycles. The average Bonchev–Trinajstić information content (AvgIpc) is 2.72. The van der Waals surface area contributed by atoms with E-state index in [1.807, 2.05) is 31.2 Å². The van der Waals surface area contributed by atoms with Crippen molar-refractivity contribution in [2.24, 2.45) is 0 Å². The van der Waals surface area contributed by atoms with Gasteiger partial charge >= 0.3 is 0 Å². The Hall–Kier alpha value is -2.47. The smallest absolute Gasteiger partial charge is 0.254 e. The third-order valence-corrected chi connectivity index (χ3v) is 5.42. The third-order valence-electron chi connectivity index (χ3n) is 4.93. The Labute approximate surface area is 173 Å². The van der Waals surface area contributed by atoms with Gasteiger partial charge < -0.3 is 9.80 Å². The van der Waals surface area contributed by atoms with E-state index in [4.69, 9.17) is 0 Å². The second-order valence-electron chi connectivity index (χ2n) is 6.97. The van der Waals surface area contributed by atoms with Crippen molar-refractivity contribution in [3.63, 3.8) is 0 Å². The van der Waals surface area contributed by atoms with Crippen LogP contribution in [-0.2, 0) is 4.79 Å². The molecule has 6 heteroatoms. The standard InChI is InChI=1S/C22H23BrN2O3/c1-16-5-7-17(8-6-16)20(26)9-10-21(27)24-11-13-25(14-12-24)22(28)18-3-2-4-19(23)15-18/h2-8,15H,9-14H2,1H3. The Bertz CT molecular complexity index is 872. The number of piperazine rings is 1. The number of halogens is 1. The molecule has 5 nitrogen and oxygen atoms in total. The van der Waals surface area contributed by atoms with E-state index in [0.717, 1.165) is 10.0 Å². The van der Waals surface area contributed by atoms with Crippen molar-refractivity contribution in [3.05, 3.63) is 69.7 Å². The lowest BCUT2D eigenvalue weighted by Crippen LogP contribution is -2.50. The van der Waals surface area contributed by atoms with Crippen molar-refractivity contribution in [3.8, 4) is 0 Å². The summed E-state index contributed by atoms with van der Waals surface area (Å²) in [5.74, 6) is -0.0743. The van der Waals surface area contributed by atoms with Crippen LogP contribution in [0.25, 0.3) is 0 Å². The summed E-state index contributed by atoms with van der Waals surface area (Å²) in [5.41, 5.74) is 2.38. The molecule has 0 N–H and O–H groups in total. The van der Waals surface area contributed by atoms with Crippen LogP contribution in [0.4, 0.5) is 0 Å². The van der Waals surface area contributed by atoms with Crippen LogP contribution in [0, 0.1) is 6.92 Å². The molecule has 2 aromatic rings. The molecule has 1 aliphatic heterocycles. The van der Waals surface area contributed by atoms with Crippen molar-refractivity contribution >= 4 is 33.5 Å². The predicted octanol–water partition coefficient (Wildman–Crippen LogP) is 3.71. The first-order chi connectivity index (χ1) is 13.4. The highest BCUT2D eigenvalue weighted by Gasteiger charge is 2.25. The van der Waals surface area contributed by atoms with E-state index in [9.17, 15) is 14.4 Å². The Balaban J connectivity index is 1.47. The van der Waals surface area contributed by atoms with Crippen LogP contribution in [0.2, 0.25) is 0 Å². The number of rotatable bonds is 5. The zero-order valence-corrected chi connectivity index (χ0v) is 17.4. The SMILES string of the molecule is Cc1ccc(C(=O)CCC(=O)N2CCN(C(=O)c3cccc(Br)c3)CC2)cc1. The normalized spacial score (nSPS) is 14.1. The largest absolute Gasteiger partial charge is 0.339 e. The summed E-state index contributed by atoms with van der Waals surface area (Å²) in [6.45, 7) is 3.97. The van der Waals surface area contributed by atoms with E-state index in [2.05, 4.69) is 15.9 Å². The number of carbonyl (C=O) groups excluding carboxylic acids is 3. The molecule has 28 heavy (non-hydrogen) atoms. The third kappa shape index (κ3) is 5.07. The number of nitrogens with zero attached hydrogens (tertiary/aromatic N) is 2. The molecule has 1 aliphatic rings. The molecule has 0 bridgehead atoms. The minimum Gasteiger partial charge on any atom is -0.339 e. The van der Waals surface area contributed by atoms with Gasteiger partial charge in [-0.05, 0) is 25.1 Å². The van der Waals surface area contributed by atoms with Gasteiger partial charge in [0.2, 0.25) is 5.91 Å². The molecule has 2 aromatic carbocycles. The zero-order chi connectivity index (χ0) is 20.1. The van der Waals surface area contributed by atoms with Crippen LogP contribution in [-0.4, -0.2) is 53.6 Å². The monoisotopic (exact) mass is 442 g/mol. The summed E-state index contributed by atoms with van der Waals surface area (Å²) in [4.78, 5) is 40.8. The Morgan fingerprint density at radius 3 is 2.14 bits per heavy atom. The highest BCUT2D eigenvalue weighted by Crippen LogP contribution is 2.15. The summed E-state index contributed by atoms with van der Waals surface area (Å²) in [7, 11) is 0. The molecule has 3 rings (SSSR count). The van der Waals surface area contributed by atoms with Crippen molar-refractivity contribution in [1.29, 1.82) is 0 Å². The fraction of sp³-hybridized carbons (Fsp3) is 0.318. The summed E-state index contributed by atoms with van der Waals surface area (Å²) < 4.78 is 0.866. The first kappa shape index (κ1) is 20.3. The first-order valence-electron chi connectivity index (χ1n) is 9.36. The highest BCUT2D eigenvalue weighted by atomic mass is 79.9. The molecule has 0 aromatic heterocycles. The maximum atomic E-state index is 12.6. The van der Waals surface area contributed by atoms with Crippen LogP contribution >= 0.6 is 15.9 Å². The van der Waals surface area contributed by atoms with Gasteiger partial charge in [-0.3, -0.25) is 14.4 Å². The average molecular weight is 443 g/mol. The topological polar surface area (TPSA) is 57.7 Å². The number of benzene rings is 2. The van der Waals surface area contributed by atoms with Gasteiger partial charge in [0, 0.05) is 54.6 Å². The number of aryl methyl sites for hydroxylation is 1. The maximum Gasteiger partial charge on any atom is 0.254 e. The summed E-state index contributed by atoms with van der Waals surface area (Å²) in [6, 6.07) is 14.7. The lowest BCUT2D eigenvalue weighted by atomic mass is 10.0. The first-order valence-corrected chi connectivity index (χ1v) is 10.2.